The van der Waals surface area contributed by atoms with Crippen molar-refractivity contribution in [3.8, 4) is 0 Å². The zero-order chi connectivity index (χ0) is 21.7. The number of hydrogen-bond acceptors (Lipinski definition) is 3. The van der Waals surface area contributed by atoms with Crippen LogP contribution in [0.2, 0.25) is 10.2 Å². The van der Waals surface area contributed by atoms with E-state index >= 15 is 0 Å². The molecule has 1 aliphatic carbocycles. The van der Waals surface area contributed by atoms with E-state index in [-0.39, 0.29) is 36.0 Å². The molecule has 1 saturated carbocycles. The fraction of sp³-hybridized carbons (Fsp3) is 0.318. The van der Waals surface area contributed by atoms with Crippen molar-refractivity contribution in [1.29, 1.82) is 0 Å². The molecule has 1 aliphatic heterocycles. The molecule has 160 valence electrons. The van der Waals surface area contributed by atoms with Crippen LogP contribution in [0, 0.1) is 11.7 Å². The Balaban J connectivity index is 1.30. The van der Waals surface area contributed by atoms with Crippen LogP contribution in [-0.4, -0.2) is 38.3 Å². The summed E-state index contributed by atoms with van der Waals surface area (Å²) in [6.45, 7) is 0.132. The second kappa shape index (κ2) is 7.80. The highest BCUT2D eigenvalue weighted by atomic mass is 35.5. The van der Waals surface area contributed by atoms with Gasteiger partial charge in [0.15, 0.2) is 0 Å². The molecule has 31 heavy (non-hydrogen) atoms. The van der Waals surface area contributed by atoms with Crippen LogP contribution in [0.5, 0.6) is 0 Å². The summed E-state index contributed by atoms with van der Waals surface area (Å²) in [5.74, 6) is -0.587. The smallest absolute Gasteiger partial charge is 0.243 e. The van der Waals surface area contributed by atoms with Gasteiger partial charge in [-0.25, -0.2) is 9.37 Å². The Morgan fingerprint density at radius 1 is 1.19 bits per heavy atom. The van der Waals surface area contributed by atoms with Gasteiger partial charge in [-0.05, 0) is 37.0 Å². The van der Waals surface area contributed by atoms with Crippen LogP contribution in [-0.2, 0) is 22.7 Å². The van der Waals surface area contributed by atoms with Gasteiger partial charge in [0.05, 0.1) is 10.5 Å². The van der Waals surface area contributed by atoms with Crippen molar-refractivity contribution in [2.24, 2.45) is 5.92 Å². The van der Waals surface area contributed by atoms with Crippen LogP contribution in [0.3, 0.4) is 0 Å². The molecule has 1 N–H and O–H groups in total. The Bertz CT molecular complexity index is 1200. The molecule has 1 saturated heterocycles. The third-order valence-electron chi connectivity index (χ3n) is 6.13. The Morgan fingerprint density at radius 3 is 2.87 bits per heavy atom. The Labute approximate surface area is 187 Å². The van der Waals surface area contributed by atoms with Crippen molar-refractivity contribution in [3.05, 3.63) is 64.3 Å². The maximum Gasteiger partial charge on any atom is 0.243 e. The lowest BCUT2D eigenvalue weighted by atomic mass is 10.1. The van der Waals surface area contributed by atoms with Crippen LogP contribution >= 0.6 is 23.2 Å². The van der Waals surface area contributed by atoms with E-state index in [4.69, 9.17) is 23.2 Å². The number of carbonyl (C=O) groups excluding carboxylic acids is 2. The third kappa shape index (κ3) is 3.66. The summed E-state index contributed by atoms with van der Waals surface area (Å²) in [6, 6.07) is 7.85. The monoisotopic (exact) mass is 460 g/mol. The van der Waals surface area contributed by atoms with Crippen molar-refractivity contribution in [2.75, 3.05) is 0 Å². The number of aromatic nitrogens is 2. The molecule has 3 heterocycles. The molecule has 0 spiro atoms. The van der Waals surface area contributed by atoms with E-state index in [9.17, 15) is 14.0 Å². The topological polar surface area (TPSA) is 67.2 Å². The number of nitrogens with one attached hydrogen (secondary N) is 1. The van der Waals surface area contributed by atoms with E-state index in [1.165, 1.54) is 6.07 Å². The number of rotatable bonds is 5. The van der Waals surface area contributed by atoms with Gasteiger partial charge in [0.2, 0.25) is 11.8 Å². The van der Waals surface area contributed by atoms with Gasteiger partial charge in [-0.1, -0.05) is 35.3 Å². The molecule has 3 atom stereocenters. The average molecular weight is 461 g/mol. The van der Waals surface area contributed by atoms with Gasteiger partial charge < -0.3 is 14.8 Å². The van der Waals surface area contributed by atoms with E-state index in [0.717, 1.165) is 17.3 Å². The first-order chi connectivity index (χ1) is 14.9. The van der Waals surface area contributed by atoms with Gasteiger partial charge in [-0.3, -0.25) is 9.59 Å². The van der Waals surface area contributed by atoms with Gasteiger partial charge in [0.25, 0.3) is 0 Å². The summed E-state index contributed by atoms with van der Waals surface area (Å²) in [6.07, 6.45) is 4.94. The number of fused-ring (bicyclic) bond motifs is 2. The highest BCUT2D eigenvalue weighted by molar-refractivity contribution is 6.34. The number of amides is 2. The van der Waals surface area contributed by atoms with E-state index < -0.39 is 11.9 Å². The maximum absolute atomic E-state index is 14.1. The van der Waals surface area contributed by atoms with Crippen molar-refractivity contribution in [2.45, 2.75) is 38.0 Å². The Hall–Kier alpha value is -2.64. The lowest BCUT2D eigenvalue weighted by molar-refractivity contribution is -0.140. The molecular formula is C22H19Cl2FN4O2. The zero-order valence-corrected chi connectivity index (χ0v) is 17.9. The van der Waals surface area contributed by atoms with Crippen LogP contribution in [0.1, 0.15) is 18.4 Å². The summed E-state index contributed by atoms with van der Waals surface area (Å²) >= 11 is 11.9. The molecule has 2 aromatic heterocycles. The van der Waals surface area contributed by atoms with E-state index in [2.05, 4.69) is 10.3 Å². The number of pyridine rings is 1. The fourth-order valence-corrected chi connectivity index (χ4v) is 4.90. The minimum Gasteiger partial charge on any atom is -0.350 e. The number of nitrogens with zero attached hydrogens (tertiary/aromatic N) is 3. The fourth-order valence-electron chi connectivity index (χ4n) is 4.49. The summed E-state index contributed by atoms with van der Waals surface area (Å²) in [4.78, 5) is 31.8. The first-order valence-corrected chi connectivity index (χ1v) is 10.8. The first kappa shape index (κ1) is 20.3. The molecule has 6 nitrogen and oxygen atoms in total. The van der Waals surface area contributed by atoms with Crippen molar-refractivity contribution < 1.29 is 14.0 Å². The molecule has 2 amide bonds. The molecule has 2 fully saturated rings. The molecule has 2 aliphatic rings. The van der Waals surface area contributed by atoms with Gasteiger partial charge >= 0.3 is 0 Å². The van der Waals surface area contributed by atoms with Crippen molar-refractivity contribution >= 4 is 45.9 Å². The summed E-state index contributed by atoms with van der Waals surface area (Å²) in [7, 11) is 0. The van der Waals surface area contributed by atoms with Crippen LogP contribution in [0.15, 0.2) is 42.7 Å². The quantitative estimate of drug-likeness (QED) is 0.589. The molecule has 1 aromatic carbocycles. The van der Waals surface area contributed by atoms with E-state index in [1.54, 1.807) is 29.4 Å². The molecule has 0 radical (unpaired) electrons. The summed E-state index contributed by atoms with van der Waals surface area (Å²) < 4.78 is 15.9. The molecular weight excluding hydrogens is 442 g/mol. The highest BCUT2D eigenvalue weighted by Gasteiger charge is 2.55. The van der Waals surface area contributed by atoms with Crippen LogP contribution < -0.4 is 5.32 Å². The molecule has 9 heteroatoms. The molecule has 5 rings (SSSR count). The number of likely N-dealkylation sites (tertiary alicyclic amines) is 1. The summed E-state index contributed by atoms with van der Waals surface area (Å²) in [5, 5.41) is 3.95. The molecule has 3 aromatic rings. The largest absolute Gasteiger partial charge is 0.350 e. The lowest BCUT2D eigenvalue weighted by Crippen LogP contribution is -2.48. The highest BCUT2D eigenvalue weighted by Crippen LogP contribution is 2.48. The maximum atomic E-state index is 14.1. The third-order valence-corrected chi connectivity index (χ3v) is 6.73. The second-order valence-electron chi connectivity index (χ2n) is 8.02. The van der Waals surface area contributed by atoms with E-state index in [1.807, 2.05) is 16.7 Å². The van der Waals surface area contributed by atoms with Crippen molar-refractivity contribution in [3.63, 3.8) is 0 Å². The van der Waals surface area contributed by atoms with Gasteiger partial charge in [-0.2, -0.15) is 0 Å². The number of hydrogen-bond donors (Lipinski definition) is 1. The first-order valence-electron chi connectivity index (χ1n) is 10.0. The minimum absolute atomic E-state index is 0.0138. The van der Waals surface area contributed by atoms with E-state index in [0.29, 0.717) is 23.1 Å². The summed E-state index contributed by atoms with van der Waals surface area (Å²) in [5.41, 5.74) is 1.13. The number of halogens is 3. The van der Waals surface area contributed by atoms with Crippen LogP contribution in [0.25, 0.3) is 10.9 Å². The minimum atomic E-state index is -0.550. The van der Waals surface area contributed by atoms with Crippen molar-refractivity contribution in [1.82, 2.24) is 19.8 Å². The molecule has 2 unspecified atom stereocenters. The number of piperidine rings is 1. The van der Waals surface area contributed by atoms with Gasteiger partial charge in [0, 0.05) is 35.9 Å². The lowest BCUT2D eigenvalue weighted by Gasteiger charge is -2.27. The molecule has 0 bridgehead atoms. The Morgan fingerprint density at radius 2 is 2.03 bits per heavy atom. The normalized spacial score (nSPS) is 21.9. The Kier molecular flexibility index (Phi) is 5.10. The average Bonchev–Trinajstić information content (AvgIpc) is 3.21. The zero-order valence-electron chi connectivity index (χ0n) is 16.4. The van der Waals surface area contributed by atoms with Crippen LogP contribution in [0.4, 0.5) is 4.39 Å². The van der Waals surface area contributed by atoms with Gasteiger partial charge in [0.1, 0.15) is 23.6 Å². The standard InChI is InChI=1S/C22H19Cl2FN4O2/c23-15-3-1-2-12(20(15)25)10-27-22(31)18-9-13-8-17(13)29(18)19(30)11-28-7-5-14-16(28)4-6-26-21(14)24/h1-7,13,17-18H,8-11H2,(H,27,31)/t13-,17?,18?/m1/s1. The second-order valence-corrected chi connectivity index (χ2v) is 8.79. The van der Waals surface area contributed by atoms with Gasteiger partial charge in [-0.15, -0.1) is 0 Å². The number of benzene rings is 1. The number of carbonyl (C=O) groups is 2. The SMILES string of the molecule is O=C(NCc1cccc(Cl)c1F)C1C[C@H]2CC2N1C(=O)Cn1ccc2c(Cl)nccc21. The predicted octanol–water partition coefficient (Wildman–Crippen LogP) is 3.79. The predicted molar refractivity (Wildman–Crippen MR) is 115 cm³/mol.